The number of nitro groups is 1. The summed E-state index contributed by atoms with van der Waals surface area (Å²) in [5.74, 6) is 0. The molecule has 0 unspecified atom stereocenters. The van der Waals surface area contributed by atoms with Gasteiger partial charge < -0.3 is 4.74 Å². The Hall–Kier alpha value is -0.980. The second-order valence-corrected chi connectivity index (χ2v) is 5.44. The minimum absolute atomic E-state index is 0.129. The van der Waals surface area contributed by atoms with Crippen molar-refractivity contribution in [1.29, 1.82) is 0 Å². The van der Waals surface area contributed by atoms with E-state index in [0.29, 0.717) is 0 Å². The molecule has 0 radical (unpaired) electrons. The highest BCUT2D eigenvalue weighted by atomic mass is 79.9. The standard InChI is InChI=1S/C13H17BrN2O3/c14-13-10-12(16(17)18)4-3-11(13)2-1-5-15-6-8-19-9-7-15/h3-4,10H,1-2,5-9H2. The van der Waals surface area contributed by atoms with Gasteiger partial charge in [0.1, 0.15) is 0 Å². The van der Waals surface area contributed by atoms with Crippen molar-refractivity contribution in [3.8, 4) is 0 Å². The van der Waals surface area contributed by atoms with Gasteiger partial charge in [0.25, 0.3) is 5.69 Å². The fraction of sp³-hybridized carbons (Fsp3) is 0.538. The van der Waals surface area contributed by atoms with Gasteiger partial charge in [-0.15, -0.1) is 0 Å². The summed E-state index contributed by atoms with van der Waals surface area (Å²) < 4.78 is 6.13. The Balaban J connectivity index is 1.83. The van der Waals surface area contributed by atoms with Gasteiger partial charge in [-0.2, -0.15) is 0 Å². The van der Waals surface area contributed by atoms with E-state index in [1.807, 2.05) is 6.07 Å². The Labute approximate surface area is 120 Å². The summed E-state index contributed by atoms with van der Waals surface area (Å²) in [6.45, 7) is 4.69. The van der Waals surface area contributed by atoms with E-state index < -0.39 is 0 Å². The summed E-state index contributed by atoms with van der Waals surface area (Å²) in [5.41, 5.74) is 1.25. The number of morpholine rings is 1. The van der Waals surface area contributed by atoms with Crippen LogP contribution < -0.4 is 0 Å². The smallest absolute Gasteiger partial charge is 0.270 e. The van der Waals surface area contributed by atoms with Crippen molar-refractivity contribution >= 4 is 21.6 Å². The number of ether oxygens (including phenoxy) is 1. The maximum Gasteiger partial charge on any atom is 0.270 e. The summed E-state index contributed by atoms with van der Waals surface area (Å²) in [5, 5.41) is 10.7. The zero-order chi connectivity index (χ0) is 13.7. The molecule has 0 saturated carbocycles. The molecule has 0 bridgehead atoms. The maximum atomic E-state index is 10.7. The summed E-state index contributed by atoms with van der Waals surface area (Å²) in [6.07, 6.45) is 1.98. The molecule has 0 amide bonds. The second kappa shape index (κ2) is 6.98. The molecule has 2 rings (SSSR count). The third kappa shape index (κ3) is 4.26. The van der Waals surface area contributed by atoms with Crippen LogP contribution in [0.3, 0.4) is 0 Å². The van der Waals surface area contributed by atoms with E-state index in [1.54, 1.807) is 12.1 Å². The lowest BCUT2D eigenvalue weighted by Gasteiger charge is -2.26. The fourth-order valence-electron chi connectivity index (χ4n) is 2.17. The summed E-state index contributed by atoms with van der Waals surface area (Å²) in [4.78, 5) is 12.7. The monoisotopic (exact) mass is 328 g/mol. The molecule has 1 saturated heterocycles. The first-order chi connectivity index (χ1) is 9.16. The van der Waals surface area contributed by atoms with Crippen molar-refractivity contribution in [2.24, 2.45) is 0 Å². The molecule has 0 N–H and O–H groups in total. The van der Waals surface area contributed by atoms with Gasteiger partial charge in [-0.25, -0.2) is 0 Å². The quantitative estimate of drug-likeness (QED) is 0.615. The number of nitrogens with zero attached hydrogens (tertiary/aromatic N) is 2. The lowest BCUT2D eigenvalue weighted by atomic mass is 10.1. The molecule has 0 aromatic heterocycles. The van der Waals surface area contributed by atoms with Gasteiger partial charge in [-0.3, -0.25) is 15.0 Å². The SMILES string of the molecule is O=[N+]([O-])c1ccc(CCCN2CCOCC2)c(Br)c1. The predicted octanol–water partition coefficient (Wildman–Crippen LogP) is 2.62. The molecular formula is C13H17BrN2O3. The van der Waals surface area contributed by atoms with Gasteiger partial charge in [0, 0.05) is 29.7 Å². The number of hydrogen-bond donors (Lipinski definition) is 0. The number of benzene rings is 1. The van der Waals surface area contributed by atoms with Gasteiger partial charge in [-0.1, -0.05) is 22.0 Å². The summed E-state index contributed by atoms with van der Waals surface area (Å²) in [6, 6.07) is 4.97. The normalized spacial score (nSPS) is 16.5. The molecule has 1 heterocycles. The third-order valence-electron chi connectivity index (χ3n) is 3.27. The van der Waals surface area contributed by atoms with Crippen LogP contribution in [0.5, 0.6) is 0 Å². The number of halogens is 1. The number of hydrogen-bond acceptors (Lipinski definition) is 4. The molecule has 19 heavy (non-hydrogen) atoms. The van der Waals surface area contributed by atoms with Crippen LogP contribution >= 0.6 is 15.9 Å². The molecule has 0 aliphatic carbocycles. The molecular weight excluding hydrogens is 312 g/mol. The largest absolute Gasteiger partial charge is 0.379 e. The van der Waals surface area contributed by atoms with Gasteiger partial charge >= 0.3 is 0 Å². The van der Waals surface area contributed by atoms with Crippen LogP contribution in [0.1, 0.15) is 12.0 Å². The molecule has 1 aromatic carbocycles. The molecule has 104 valence electrons. The first-order valence-electron chi connectivity index (χ1n) is 6.40. The van der Waals surface area contributed by atoms with Crippen LogP contribution in [0.2, 0.25) is 0 Å². The number of rotatable bonds is 5. The van der Waals surface area contributed by atoms with Gasteiger partial charge in [0.05, 0.1) is 18.1 Å². The predicted molar refractivity (Wildman–Crippen MR) is 76.4 cm³/mol. The molecule has 1 aliphatic heterocycles. The zero-order valence-corrected chi connectivity index (χ0v) is 12.3. The van der Waals surface area contributed by atoms with E-state index in [-0.39, 0.29) is 10.6 Å². The van der Waals surface area contributed by atoms with Crippen LogP contribution in [0.25, 0.3) is 0 Å². The minimum Gasteiger partial charge on any atom is -0.379 e. The molecule has 0 spiro atoms. The highest BCUT2D eigenvalue weighted by Gasteiger charge is 2.11. The van der Waals surface area contributed by atoms with Crippen LogP contribution in [-0.4, -0.2) is 42.7 Å². The first-order valence-corrected chi connectivity index (χ1v) is 7.19. The second-order valence-electron chi connectivity index (χ2n) is 4.59. The van der Waals surface area contributed by atoms with Crippen LogP contribution in [0, 0.1) is 10.1 Å². The van der Waals surface area contributed by atoms with E-state index in [0.717, 1.165) is 55.7 Å². The molecule has 1 aromatic rings. The van der Waals surface area contributed by atoms with E-state index >= 15 is 0 Å². The van der Waals surface area contributed by atoms with Crippen molar-refractivity contribution in [1.82, 2.24) is 4.90 Å². The van der Waals surface area contributed by atoms with Crippen molar-refractivity contribution in [2.45, 2.75) is 12.8 Å². The van der Waals surface area contributed by atoms with Gasteiger partial charge in [-0.05, 0) is 24.9 Å². The first kappa shape index (κ1) is 14.4. The van der Waals surface area contributed by atoms with E-state index in [4.69, 9.17) is 4.74 Å². The zero-order valence-electron chi connectivity index (χ0n) is 10.7. The Bertz CT molecular complexity index is 448. The van der Waals surface area contributed by atoms with Crippen molar-refractivity contribution in [3.63, 3.8) is 0 Å². The fourth-order valence-corrected chi connectivity index (χ4v) is 2.74. The van der Waals surface area contributed by atoms with E-state index in [2.05, 4.69) is 20.8 Å². The van der Waals surface area contributed by atoms with Crippen molar-refractivity contribution in [2.75, 3.05) is 32.8 Å². The van der Waals surface area contributed by atoms with Crippen LogP contribution in [0.4, 0.5) is 5.69 Å². The minimum atomic E-state index is -0.373. The number of nitro benzene ring substituents is 1. The summed E-state index contributed by atoms with van der Waals surface area (Å²) in [7, 11) is 0. The molecule has 6 heteroatoms. The Kier molecular flexibility index (Phi) is 5.30. The molecule has 0 atom stereocenters. The highest BCUT2D eigenvalue weighted by molar-refractivity contribution is 9.10. The molecule has 1 fully saturated rings. The van der Waals surface area contributed by atoms with Crippen LogP contribution in [0.15, 0.2) is 22.7 Å². The van der Waals surface area contributed by atoms with E-state index in [9.17, 15) is 10.1 Å². The molecule has 5 nitrogen and oxygen atoms in total. The maximum absolute atomic E-state index is 10.7. The third-order valence-corrected chi connectivity index (χ3v) is 4.01. The van der Waals surface area contributed by atoms with Crippen LogP contribution in [-0.2, 0) is 11.2 Å². The average molecular weight is 329 g/mol. The average Bonchev–Trinajstić information content (AvgIpc) is 2.41. The highest BCUT2D eigenvalue weighted by Crippen LogP contribution is 2.24. The molecule has 1 aliphatic rings. The van der Waals surface area contributed by atoms with E-state index in [1.165, 1.54) is 0 Å². The van der Waals surface area contributed by atoms with Gasteiger partial charge in [0.15, 0.2) is 0 Å². The number of aryl methyl sites for hydroxylation is 1. The Morgan fingerprint density at radius 3 is 2.74 bits per heavy atom. The number of non-ortho nitro benzene ring substituents is 1. The lowest BCUT2D eigenvalue weighted by Crippen LogP contribution is -2.36. The Morgan fingerprint density at radius 1 is 1.37 bits per heavy atom. The van der Waals surface area contributed by atoms with Gasteiger partial charge in [0.2, 0.25) is 0 Å². The topological polar surface area (TPSA) is 55.6 Å². The van der Waals surface area contributed by atoms with Crippen molar-refractivity contribution < 1.29 is 9.66 Å². The Morgan fingerprint density at radius 2 is 2.11 bits per heavy atom. The summed E-state index contributed by atoms with van der Waals surface area (Å²) >= 11 is 3.40. The van der Waals surface area contributed by atoms with Crippen molar-refractivity contribution in [3.05, 3.63) is 38.3 Å². The lowest BCUT2D eigenvalue weighted by molar-refractivity contribution is -0.384.